The highest BCUT2D eigenvalue weighted by molar-refractivity contribution is 6.03. The van der Waals surface area contributed by atoms with E-state index >= 15 is 0 Å². The van der Waals surface area contributed by atoms with Gasteiger partial charge >= 0.3 is 0 Å². The van der Waals surface area contributed by atoms with Crippen LogP contribution in [0.4, 0.5) is 4.39 Å². The van der Waals surface area contributed by atoms with Gasteiger partial charge in [-0.1, -0.05) is 20.8 Å². The molecule has 0 N–H and O–H groups in total. The molecule has 1 aromatic rings. The van der Waals surface area contributed by atoms with Gasteiger partial charge in [0.05, 0.1) is 5.54 Å². The average molecular weight is 265 g/mol. The standard InChI is InChI=1S/C16H24FNO/c1-6-16(5,18(7-2)8-3)15(19)13-9-10-14(17)12(4)11-13/h9-11H,6-8H2,1-5H3. The van der Waals surface area contributed by atoms with Crippen molar-refractivity contribution in [3.8, 4) is 0 Å². The third-order valence-electron chi connectivity index (χ3n) is 4.06. The fourth-order valence-corrected chi connectivity index (χ4v) is 2.55. The molecule has 0 bridgehead atoms. The summed E-state index contributed by atoms with van der Waals surface area (Å²) in [4.78, 5) is 14.9. The lowest BCUT2D eigenvalue weighted by molar-refractivity contribution is 0.0607. The van der Waals surface area contributed by atoms with E-state index in [1.807, 2.05) is 13.8 Å². The maximum absolute atomic E-state index is 13.3. The van der Waals surface area contributed by atoms with Crippen LogP contribution in [0.1, 0.15) is 50.0 Å². The van der Waals surface area contributed by atoms with Crippen LogP contribution >= 0.6 is 0 Å². The molecule has 19 heavy (non-hydrogen) atoms. The van der Waals surface area contributed by atoms with Gasteiger partial charge in [0, 0.05) is 5.56 Å². The van der Waals surface area contributed by atoms with Gasteiger partial charge in [0.25, 0.3) is 0 Å². The summed E-state index contributed by atoms with van der Waals surface area (Å²) in [5, 5.41) is 0. The fourth-order valence-electron chi connectivity index (χ4n) is 2.55. The Kier molecular flexibility index (Phi) is 5.24. The SMILES string of the molecule is CCN(CC)C(C)(CC)C(=O)c1ccc(F)c(C)c1. The van der Waals surface area contributed by atoms with E-state index in [2.05, 4.69) is 18.7 Å². The number of halogens is 1. The number of likely N-dealkylation sites (N-methyl/N-ethyl adjacent to an activating group) is 1. The minimum atomic E-state index is -0.520. The zero-order valence-corrected chi connectivity index (χ0v) is 12.6. The van der Waals surface area contributed by atoms with Gasteiger partial charge in [-0.3, -0.25) is 9.69 Å². The summed E-state index contributed by atoms with van der Waals surface area (Å²) in [5.74, 6) is -0.195. The molecule has 0 saturated heterocycles. The number of carbonyl (C=O) groups is 1. The summed E-state index contributed by atoms with van der Waals surface area (Å²) >= 11 is 0. The van der Waals surface area contributed by atoms with Crippen molar-refractivity contribution >= 4 is 5.78 Å². The number of nitrogens with zero attached hydrogens (tertiary/aromatic N) is 1. The Hall–Kier alpha value is -1.22. The Balaban J connectivity index is 3.17. The van der Waals surface area contributed by atoms with Crippen molar-refractivity contribution in [2.75, 3.05) is 13.1 Å². The molecule has 0 aliphatic carbocycles. The molecule has 0 saturated carbocycles. The number of aryl methyl sites for hydroxylation is 1. The van der Waals surface area contributed by atoms with Crippen LogP contribution in [-0.4, -0.2) is 29.3 Å². The molecule has 1 aromatic carbocycles. The largest absolute Gasteiger partial charge is 0.292 e. The number of hydrogen-bond acceptors (Lipinski definition) is 2. The summed E-state index contributed by atoms with van der Waals surface area (Å²) in [5.41, 5.74) is 0.590. The Labute approximate surface area is 115 Å². The van der Waals surface area contributed by atoms with Crippen molar-refractivity contribution in [3.63, 3.8) is 0 Å². The quantitative estimate of drug-likeness (QED) is 0.729. The zero-order valence-electron chi connectivity index (χ0n) is 12.6. The van der Waals surface area contributed by atoms with E-state index in [4.69, 9.17) is 0 Å². The highest BCUT2D eigenvalue weighted by atomic mass is 19.1. The number of Topliss-reactive ketones (excluding diaryl/α,β-unsaturated/α-hetero) is 1. The molecule has 0 spiro atoms. The van der Waals surface area contributed by atoms with Crippen molar-refractivity contribution < 1.29 is 9.18 Å². The van der Waals surface area contributed by atoms with Gasteiger partial charge in [0.1, 0.15) is 5.82 Å². The first-order chi connectivity index (χ1) is 8.90. The molecular weight excluding hydrogens is 241 g/mol. The van der Waals surface area contributed by atoms with Crippen LogP contribution in [0, 0.1) is 12.7 Å². The summed E-state index contributed by atoms with van der Waals surface area (Å²) in [6.45, 7) is 11.4. The van der Waals surface area contributed by atoms with Crippen LogP contribution in [0.3, 0.4) is 0 Å². The molecule has 1 rings (SSSR count). The van der Waals surface area contributed by atoms with Gasteiger partial charge in [-0.05, 0) is 57.1 Å². The fraction of sp³-hybridized carbons (Fsp3) is 0.562. The number of rotatable bonds is 6. The van der Waals surface area contributed by atoms with Gasteiger partial charge in [-0.25, -0.2) is 4.39 Å². The topological polar surface area (TPSA) is 20.3 Å². The van der Waals surface area contributed by atoms with E-state index in [0.717, 1.165) is 19.5 Å². The Morgan fingerprint density at radius 3 is 2.26 bits per heavy atom. The molecule has 0 radical (unpaired) electrons. The highest BCUT2D eigenvalue weighted by Gasteiger charge is 2.36. The van der Waals surface area contributed by atoms with Gasteiger partial charge in [-0.15, -0.1) is 0 Å². The van der Waals surface area contributed by atoms with Crippen molar-refractivity contribution in [1.29, 1.82) is 0 Å². The van der Waals surface area contributed by atoms with E-state index in [-0.39, 0.29) is 11.6 Å². The average Bonchev–Trinajstić information content (AvgIpc) is 2.42. The van der Waals surface area contributed by atoms with E-state index in [9.17, 15) is 9.18 Å². The Morgan fingerprint density at radius 1 is 1.26 bits per heavy atom. The van der Waals surface area contributed by atoms with Gasteiger partial charge in [-0.2, -0.15) is 0 Å². The lowest BCUT2D eigenvalue weighted by Gasteiger charge is -2.38. The van der Waals surface area contributed by atoms with Crippen molar-refractivity contribution in [1.82, 2.24) is 4.90 Å². The first-order valence-corrected chi connectivity index (χ1v) is 6.96. The van der Waals surface area contributed by atoms with Crippen molar-refractivity contribution in [3.05, 3.63) is 35.1 Å². The van der Waals surface area contributed by atoms with Crippen LogP contribution < -0.4 is 0 Å². The van der Waals surface area contributed by atoms with Crippen LogP contribution in [0.25, 0.3) is 0 Å². The molecule has 1 unspecified atom stereocenters. The molecule has 0 fully saturated rings. The lowest BCUT2D eigenvalue weighted by atomic mass is 9.86. The molecule has 3 heteroatoms. The Morgan fingerprint density at radius 2 is 1.84 bits per heavy atom. The van der Waals surface area contributed by atoms with Crippen molar-refractivity contribution in [2.24, 2.45) is 0 Å². The van der Waals surface area contributed by atoms with Crippen LogP contribution in [0.15, 0.2) is 18.2 Å². The van der Waals surface area contributed by atoms with E-state index in [0.29, 0.717) is 11.1 Å². The second-order valence-electron chi connectivity index (χ2n) is 5.09. The molecule has 0 aliphatic rings. The van der Waals surface area contributed by atoms with Gasteiger partial charge < -0.3 is 0 Å². The van der Waals surface area contributed by atoms with E-state index in [1.165, 1.54) is 6.07 Å². The van der Waals surface area contributed by atoms with Crippen LogP contribution in [0.2, 0.25) is 0 Å². The molecule has 2 nitrogen and oxygen atoms in total. The molecule has 0 aliphatic heterocycles. The monoisotopic (exact) mass is 265 g/mol. The van der Waals surface area contributed by atoms with E-state index in [1.54, 1.807) is 19.1 Å². The highest BCUT2D eigenvalue weighted by Crippen LogP contribution is 2.25. The molecule has 0 aromatic heterocycles. The number of carbonyl (C=O) groups excluding carboxylic acids is 1. The maximum atomic E-state index is 13.3. The first kappa shape index (κ1) is 15.8. The summed E-state index contributed by atoms with van der Waals surface area (Å²) in [6.07, 6.45) is 0.740. The summed E-state index contributed by atoms with van der Waals surface area (Å²) in [7, 11) is 0. The minimum absolute atomic E-state index is 0.0711. The van der Waals surface area contributed by atoms with Crippen molar-refractivity contribution in [2.45, 2.75) is 46.6 Å². The summed E-state index contributed by atoms with van der Waals surface area (Å²) < 4.78 is 13.3. The second kappa shape index (κ2) is 6.29. The predicted molar refractivity (Wildman–Crippen MR) is 77.1 cm³/mol. The smallest absolute Gasteiger partial charge is 0.182 e. The van der Waals surface area contributed by atoms with E-state index < -0.39 is 5.54 Å². The number of hydrogen-bond donors (Lipinski definition) is 0. The third-order valence-corrected chi connectivity index (χ3v) is 4.06. The predicted octanol–water partition coefficient (Wildman–Crippen LogP) is 3.83. The zero-order chi connectivity index (χ0) is 14.6. The van der Waals surface area contributed by atoms with Gasteiger partial charge in [0.15, 0.2) is 5.78 Å². The van der Waals surface area contributed by atoms with Gasteiger partial charge in [0.2, 0.25) is 0 Å². The molecule has 1 atom stereocenters. The third kappa shape index (κ3) is 3.03. The van der Waals surface area contributed by atoms with Crippen LogP contribution in [-0.2, 0) is 0 Å². The molecular formula is C16H24FNO. The minimum Gasteiger partial charge on any atom is -0.292 e. The molecule has 0 heterocycles. The molecule has 106 valence electrons. The molecule has 0 amide bonds. The number of ketones is 1. The maximum Gasteiger partial charge on any atom is 0.182 e. The lowest BCUT2D eigenvalue weighted by Crippen LogP contribution is -2.51. The normalized spacial score (nSPS) is 14.5. The summed E-state index contributed by atoms with van der Waals surface area (Å²) in [6, 6.07) is 4.61. The Bertz CT molecular complexity index is 454. The first-order valence-electron chi connectivity index (χ1n) is 6.96. The van der Waals surface area contributed by atoms with Crippen LogP contribution in [0.5, 0.6) is 0 Å². The number of benzene rings is 1. The second-order valence-corrected chi connectivity index (χ2v) is 5.09.